The molecule has 2 aliphatic rings. The molecule has 5 nitrogen and oxygen atoms in total. The van der Waals surface area contributed by atoms with Gasteiger partial charge in [0.05, 0.1) is 11.7 Å². The van der Waals surface area contributed by atoms with E-state index in [0.717, 1.165) is 30.0 Å². The van der Waals surface area contributed by atoms with E-state index in [-0.39, 0.29) is 11.9 Å². The van der Waals surface area contributed by atoms with E-state index in [2.05, 4.69) is 21.1 Å². The Bertz CT molecular complexity index is 761. The predicted molar refractivity (Wildman–Crippen MR) is 83.5 cm³/mol. The first kappa shape index (κ1) is 13.4. The van der Waals surface area contributed by atoms with Crippen molar-refractivity contribution in [1.82, 2.24) is 19.6 Å². The predicted octanol–water partition coefficient (Wildman–Crippen LogP) is 1.14. The quantitative estimate of drug-likeness (QED) is 0.845. The van der Waals surface area contributed by atoms with Gasteiger partial charge in [0.1, 0.15) is 5.69 Å². The molecular formula is C17H18N4O. The molecule has 0 aromatic carbocycles. The molecule has 2 bridgehead atoms. The van der Waals surface area contributed by atoms with Crippen LogP contribution >= 0.6 is 0 Å². The van der Waals surface area contributed by atoms with E-state index in [1.54, 1.807) is 12.4 Å². The number of aromatic nitrogens is 2. The molecule has 0 spiro atoms. The molecule has 2 unspecified atom stereocenters. The maximum atomic E-state index is 12.4. The van der Waals surface area contributed by atoms with Crippen LogP contribution in [0.25, 0.3) is 5.52 Å². The number of carbonyl (C=O) groups excluding carboxylic acids is 1. The summed E-state index contributed by atoms with van der Waals surface area (Å²) in [5.74, 6) is 3.22. The zero-order valence-corrected chi connectivity index (χ0v) is 12.3. The molecule has 22 heavy (non-hydrogen) atoms. The maximum Gasteiger partial charge on any atom is 0.271 e. The number of nitrogens with one attached hydrogen (secondary N) is 1. The highest BCUT2D eigenvalue weighted by atomic mass is 16.2. The van der Waals surface area contributed by atoms with Crippen LogP contribution in [0.15, 0.2) is 24.7 Å². The minimum Gasteiger partial charge on any atom is -0.347 e. The molecule has 1 amide bonds. The minimum absolute atomic E-state index is 0.106. The third-order valence-electron chi connectivity index (χ3n) is 4.68. The first-order chi connectivity index (χ1) is 10.7. The van der Waals surface area contributed by atoms with Gasteiger partial charge in [-0.05, 0) is 31.4 Å². The van der Waals surface area contributed by atoms with Crippen LogP contribution in [0.1, 0.15) is 28.9 Å². The fourth-order valence-corrected chi connectivity index (χ4v) is 3.63. The molecule has 3 atom stereocenters. The van der Waals surface area contributed by atoms with Gasteiger partial charge in [0, 0.05) is 37.1 Å². The molecule has 0 aliphatic carbocycles. The fourth-order valence-electron chi connectivity index (χ4n) is 3.63. The average Bonchev–Trinajstić information content (AvgIpc) is 3.09. The van der Waals surface area contributed by atoms with Crippen LogP contribution in [0.3, 0.4) is 0 Å². The van der Waals surface area contributed by atoms with E-state index in [1.165, 1.54) is 19.5 Å². The first-order valence-electron chi connectivity index (χ1n) is 7.69. The molecule has 2 aromatic heterocycles. The topological polar surface area (TPSA) is 49.6 Å². The lowest BCUT2D eigenvalue weighted by molar-refractivity contribution is 0.0904. The van der Waals surface area contributed by atoms with Gasteiger partial charge in [-0.2, -0.15) is 0 Å². The minimum atomic E-state index is -0.106. The van der Waals surface area contributed by atoms with Crippen LogP contribution in [0.5, 0.6) is 0 Å². The van der Waals surface area contributed by atoms with E-state index in [4.69, 9.17) is 6.42 Å². The maximum absolute atomic E-state index is 12.4. The molecule has 1 N–H and O–H groups in total. The van der Waals surface area contributed by atoms with Crippen molar-refractivity contribution < 1.29 is 4.79 Å². The monoisotopic (exact) mass is 294 g/mol. The molecule has 112 valence electrons. The van der Waals surface area contributed by atoms with Crippen LogP contribution in [0.2, 0.25) is 0 Å². The Kier molecular flexibility index (Phi) is 3.12. The van der Waals surface area contributed by atoms with E-state index in [0.29, 0.717) is 5.69 Å². The van der Waals surface area contributed by atoms with Gasteiger partial charge in [-0.1, -0.05) is 5.92 Å². The SMILES string of the molecule is C#Cc1cc2cnc(C(=O)N[C@@H]3CC4CCN(C4)C3)cn2c1. The van der Waals surface area contributed by atoms with Gasteiger partial charge in [-0.15, -0.1) is 6.42 Å². The fraction of sp³-hybridized carbons (Fsp3) is 0.412. The lowest BCUT2D eigenvalue weighted by Gasteiger charge is -2.30. The second-order valence-corrected chi connectivity index (χ2v) is 6.30. The van der Waals surface area contributed by atoms with Crippen LogP contribution in [-0.2, 0) is 0 Å². The summed E-state index contributed by atoms with van der Waals surface area (Å²) in [6.07, 6.45) is 13.0. The molecule has 0 saturated carbocycles. The third kappa shape index (κ3) is 2.36. The third-order valence-corrected chi connectivity index (χ3v) is 4.68. The van der Waals surface area contributed by atoms with E-state index < -0.39 is 0 Å². The summed E-state index contributed by atoms with van der Waals surface area (Å²) in [7, 11) is 0. The molecule has 2 aromatic rings. The average molecular weight is 294 g/mol. The van der Waals surface area contributed by atoms with Gasteiger partial charge in [0.2, 0.25) is 0 Å². The summed E-state index contributed by atoms with van der Waals surface area (Å²) >= 11 is 0. The highest BCUT2D eigenvalue weighted by molar-refractivity contribution is 5.92. The van der Waals surface area contributed by atoms with Gasteiger partial charge in [-0.25, -0.2) is 4.98 Å². The largest absolute Gasteiger partial charge is 0.347 e. The zero-order chi connectivity index (χ0) is 15.1. The van der Waals surface area contributed by atoms with Crippen molar-refractivity contribution in [2.45, 2.75) is 18.9 Å². The van der Waals surface area contributed by atoms with Gasteiger partial charge in [0.15, 0.2) is 0 Å². The summed E-state index contributed by atoms with van der Waals surface area (Å²) in [6, 6.07) is 2.11. The molecule has 0 radical (unpaired) electrons. The summed E-state index contributed by atoms with van der Waals surface area (Å²) in [5, 5.41) is 3.12. The van der Waals surface area contributed by atoms with Crippen molar-refractivity contribution in [1.29, 1.82) is 0 Å². The van der Waals surface area contributed by atoms with Gasteiger partial charge in [0.25, 0.3) is 5.91 Å². The summed E-state index contributed by atoms with van der Waals surface area (Å²) in [5.41, 5.74) is 2.11. The van der Waals surface area contributed by atoms with Crippen molar-refractivity contribution in [2.24, 2.45) is 5.92 Å². The molecule has 2 saturated heterocycles. The Labute approximate surface area is 129 Å². The van der Waals surface area contributed by atoms with E-state index in [9.17, 15) is 4.79 Å². The normalized spacial score (nSPS) is 26.8. The number of rotatable bonds is 2. The van der Waals surface area contributed by atoms with Crippen LogP contribution in [-0.4, -0.2) is 45.9 Å². The number of fused-ring (bicyclic) bond motifs is 3. The number of piperidine rings is 1. The van der Waals surface area contributed by atoms with Crippen LogP contribution < -0.4 is 5.32 Å². The van der Waals surface area contributed by atoms with Gasteiger partial charge < -0.3 is 14.6 Å². The molecule has 4 heterocycles. The second kappa shape index (κ2) is 5.15. The number of terminal acetylenes is 1. The van der Waals surface area contributed by atoms with E-state index in [1.807, 2.05) is 16.7 Å². The molecule has 5 heteroatoms. The second-order valence-electron chi connectivity index (χ2n) is 6.30. The van der Waals surface area contributed by atoms with E-state index >= 15 is 0 Å². The van der Waals surface area contributed by atoms with Crippen LogP contribution in [0.4, 0.5) is 0 Å². The van der Waals surface area contributed by atoms with Crippen molar-refractivity contribution in [2.75, 3.05) is 19.6 Å². The number of amides is 1. The summed E-state index contributed by atoms with van der Waals surface area (Å²) in [6.45, 7) is 3.31. The van der Waals surface area contributed by atoms with Crippen molar-refractivity contribution in [3.05, 3.63) is 35.9 Å². The highest BCUT2D eigenvalue weighted by Crippen LogP contribution is 2.26. The lowest BCUT2D eigenvalue weighted by atomic mass is 9.97. The van der Waals surface area contributed by atoms with Gasteiger partial charge in [-0.3, -0.25) is 4.79 Å². The standard InChI is InChI=1S/C17H18N4O/c1-2-12-6-15-7-18-16(11-21(15)9-12)17(22)19-14-5-13-3-4-20(8-13)10-14/h1,6-7,9,11,13-14H,3-5,8,10H2,(H,19,22)/t13?,14-/m1/s1. The number of hydrogen-bond donors (Lipinski definition) is 1. The highest BCUT2D eigenvalue weighted by Gasteiger charge is 2.33. The Morgan fingerprint density at radius 2 is 2.32 bits per heavy atom. The molecule has 2 fully saturated rings. The zero-order valence-electron chi connectivity index (χ0n) is 12.3. The number of carbonyl (C=O) groups is 1. The first-order valence-corrected chi connectivity index (χ1v) is 7.69. The Morgan fingerprint density at radius 1 is 1.41 bits per heavy atom. The molecule has 4 rings (SSSR count). The van der Waals surface area contributed by atoms with Crippen molar-refractivity contribution in [3.63, 3.8) is 0 Å². The Morgan fingerprint density at radius 3 is 3.14 bits per heavy atom. The van der Waals surface area contributed by atoms with Crippen LogP contribution in [0, 0.1) is 18.3 Å². The summed E-state index contributed by atoms with van der Waals surface area (Å²) in [4.78, 5) is 19.1. The smallest absolute Gasteiger partial charge is 0.271 e. The number of hydrogen-bond acceptors (Lipinski definition) is 3. The van der Waals surface area contributed by atoms with Crippen molar-refractivity contribution in [3.8, 4) is 12.3 Å². The molecule has 2 aliphatic heterocycles. The number of nitrogens with zero attached hydrogens (tertiary/aromatic N) is 3. The Hall–Kier alpha value is -2.32. The lowest BCUT2D eigenvalue weighted by Crippen LogP contribution is -2.47. The van der Waals surface area contributed by atoms with Gasteiger partial charge >= 0.3 is 0 Å². The molecular weight excluding hydrogens is 276 g/mol. The van der Waals surface area contributed by atoms with Crippen molar-refractivity contribution >= 4 is 11.4 Å². The Balaban J connectivity index is 1.51. The summed E-state index contributed by atoms with van der Waals surface area (Å²) < 4.78 is 1.85.